The van der Waals surface area contributed by atoms with Crippen molar-refractivity contribution in [1.82, 2.24) is 0 Å². The second-order valence-electron chi connectivity index (χ2n) is 4.04. The van der Waals surface area contributed by atoms with Crippen LogP contribution in [0.4, 0.5) is 0 Å². The van der Waals surface area contributed by atoms with E-state index in [1.807, 2.05) is 18.2 Å². The maximum absolute atomic E-state index is 8.48. The number of nitrogens with two attached hydrogens (primary N) is 1. The standard InChI is InChI=1S/C8H7N3.C7H6O.ClH/c9-5-6-2-1-3-7(4-6)8(10)11;1-3-7-4-2-6(1)5-8-7;/h1-4H,(H3,10,11);1-4H,5H2;1H. The first-order chi connectivity index (χ1) is 9.19. The van der Waals surface area contributed by atoms with Gasteiger partial charge in [0.1, 0.15) is 18.2 Å². The number of nitrogens with zero attached hydrogens (tertiary/aromatic N) is 1. The number of nitrogen functional groups attached to an aromatic ring is 1. The Morgan fingerprint density at radius 3 is 2.25 bits per heavy atom. The molecule has 0 spiro atoms. The Kier molecular flexibility index (Phi) is 5.57. The maximum Gasteiger partial charge on any atom is 0.122 e. The molecular formula is C15H14ClN3O. The molecule has 102 valence electrons. The minimum Gasteiger partial charge on any atom is -0.489 e. The quantitative estimate of drug-likeness (QED) is 0.625. The fraction of sp³-hybridized carbons (Fsp3) is 0.0667. The van der Waals surface area contributed by atoms with Gasteiger partial charge in [0.15, 0.2) is 0 Å². The molecule has 0 unspecified atom stereocenters. The number of fused-ring (bicyclic) bond motifs is 3. The number of hydrogen-bond acceptors (Lipinski definition) is 3. The summed E-state index contributed by atoms with van der Waals surface area (Å²) in [6.45, 7) is 0.766. The summed E-state index contributed by atoms with van der Waals surface area (Å²) in [5, 5.41) is 15.6. The van der Waals surface area contributed by atoms with E-state index in [1.54, 1.807) is 24.3 Å². The highest BCUT2D eigenvalue weighted by Crippen LogP contribution is 2.19. The van der Waals surface area contributed by atoms with Crippen LogP contribution in [0.25, 0.3) is 0 Å². The predicted octanol–water partition coefficient (Wildman–Crippen LogP) is 2.84. The highest BCUT2D eigenvalue weighted by Gasteiger charge is 2.01. The van der Waals surface area contributed by atoms with E-state index in [-0.39, 0.29) is 18.2 Å². The fourth-order valence-corrected chi connectivity index (χ4v) is 1.60. The molecule has 20 heavy (non-hydrogen) atoms. The summed E-state index contributed by atoms with van der Waals surface area (Å²) < 4.78 is 5.18. The zero-order chi connectivity index (χ0) is 13.7. The van der Waals surface area contributed by atoms with Gasteiger partial charge in [-0.25, -0.2) is 0 Å². The molecule has 3 N–H and O–H groups in total. The van der Waals surface area contributed by atoms with Crippen molar-refractivity contribution < 1.29 is 4.74 Å². The number of hydrogen-bond donors (Lipinski definition) is 2. The average Bonchev–Trinajstić information content (AvgIpc) is 2.50. The molecule has 2 bridgehead atoms. The van der Waals surface area contributed by atoms with Crippen LogP contribution in [0.1, 0.15) is 16.7 Å². The lowest BCUT2D eigenvalue weighted by Gasteiger charge is -2.11. The lowest BCUT2D eigenvalue weighted by Crippen LogP contribution is -2.10. The smallest absolute Gasteiger partial charge is 0.122 e. The molecule has 0 aromatic heterocycles. The maximum atomic E-state index is 8.48. The van der Waals surface area contributed by atoms with Gasteiger partial charge in [-0.1, -0.05) is 24.3 Å². The van der Waals surface area contributed by atoms with Crippen LogP contribution < -0.4 is 10.5 Å². The second-order valence-corrected chi connectivity index (χ2v) is 4.04. The van der Waals surface area contributed by atoms with Crippen LogP contribution in [0.15, 0.2) is 48.5 Å². The second kappa shape index (κ2) is 7.17. The third-order valence-corrected chi connectivity index (χ3v) is 2.63. The van der Waals surface area contributed by atoms with Gasteiger partial charge in [0, 0.05) is 5.56 Å². The summed E-state index contributed by atoms with van der Waals surface area (Å²) in [5.74, 6) is 0.974. The van der Waals surface area contributed by atoms with Crippen molar-refractivity contribution in [3.63, 3.8) is 0 Å². The molecule has 2 aliphatic rings. The third-order valence-electron chi connectivity index (χ3n) is 2.63. The molecule has 0 fully saturated rings. The van der Waals surface area contributed by atoms with E-state index in [2.05, 4.69) is 12.1 Å². The Morgan fingerprint density at radius 2 is 1.90 bits per heavy atom. The average molecular weight is 288 g/mol. The van der Waals surface area contributed by atoms with Crippen molar-refractivity contribution in [3.05, 3.63) is 65.2 Å². The fourth-order valence-electron chi connectivity index (χ4n) is 1.60. The number of amidine groups is 1. The van der Waals surface area contributed by atoms with Crippen LogP contribution in [0, 0.1) is 16.7 Å². The van der Waals surface area contributed by atoms with Gasteiger partial charge in [-0.15, -0.1) is 12.4 Å². The number of ether oxygens (including phenoxy) is 1. The molecule has 0 radical (unpaired) electrons. The number of nitriles is 1. The Balaban J connectivity index is 0.000000197. The first-order valence-corrected chi connectivity index (χ1v) is 5.75. The molecule has 4 nitrogen and oxygen atoms in total. The van der Waals surface area contributed by atoms with E-state index in [9.17, 15) is 0 Å². The van der Waals surface area contributed by atoms with E-state index in [0.29, 0.717) is 11.1 Å². The van der Waals surface area contributed by atoms with Gasteiger partial charge in [-0.2, -0.15) is 5.26 Å². The van der Waals surface area contributed by atoms with Crippen LogP contribution in [0.5, 0.6) is 5.75 Å². The summed E-state index contributed by atoms with van der Waals surface area (Å²) in [5.41, 5.74) is 7.59. The van der Waals surface area contributed by atoms with Gasteiger partial charge in [-0.3, -0.25) is 5.41 Å². The van der Waals surface area contributed by atoms with E-state index in [0.717, 1.165) is 12.4 Å². The Morgan fingerprint density at radius 1 is 1.20 bits per heavy atom. The normalized spacial score (nSPS) is 10.2. The van der Waals surface area contributed by atoms with Crippen molar-refractivity contribution >= 4 is 18.2 Å². The van der Waals surface area contributed by atoms with E-state index >= 15 is 0 Å². The Bertz CT molecular complexity index is 609. The summed E-state index contributed by atoms with van der Waals surface area (Å²) in [4.78, 5) is 0. The molecule has 4 rings (SSSR count). The minimum atomic E-state index is -0.0119. The Labute approximate surface area is 123 Å². The molecule has 0 saturated carbocycles. The van der Waals surface area contributed by atoms with Crippen LogP contribution in [0.2, 0.25) is 0 Å². The first-order valence-electron chi connectivity index (χ1n) is 5.75. The van der Waals surface area contributed by atoms with E-state index < -0.39 is 0 Å². The van der Waals surface area contributed by atoms with Crippen molar-refractivity contribution in [2.24, 2.45) is 5.73 Å². The van der Waals surface area contributed by atoms with Gasteiger partial charge < -0.3 is 10.5 Å². The molecule has 0 atom stereocenters. The Hall–Kier alpha value is -2.51. The number of nitrogens with one attached hydrogen (secondary N) is 1. The van der Waals surface area contributed by atoms with Crippen LogP contribution in [-0.2, 0) is 6.61 Å². The predicted molar refractivity (Wildman–Crippen MR) is 80.2 cm³/mol. The zero-order valence-corrected chi connectivity index (χ0v) is 11.5. The van der Waals surface area contributed by atoms with Gasteiger partial charge in [0.05, 0.1) is 11.6 Å². The van der Waals surface area contributed by atoms with Crippen molar-refractivity contribution in [1.29, 1.82) is 10.7 Å². The molecule has 0 aliphatic carbocycles. The number of halogens is 1. The zero-order valence-electron chi connectivity index (χ0n) is 10.7. The van der Waals surface area contributed by atoms with Crippen molar-refractivity contribution in [2.75, 3.05) is 0 Å². The van der Waals surface area contributed by atoms with Crippen molar-refractivity contribution in [3.8, 4) is 11.8 Å². The topological polar surface area (TPSA) is 82.9 Å². The van der Waals surface area contributed by atoms with Crippen LogP contribution in [0.3, 0.4) is 0 Å². The molecule has 2 aromatic carbocycles. The van der Waals surface area contributed by atoms with Crippen LogP contribution >= 0.6 is 12.4 Å². The van der Waals surface area contributed by atoms with Crippen molar-refractivity contribution in [2.45, 2.75) is 6.61 Å². The molecule has 0 saturated heterocycles. The number of benzene rings is 2. The highest BCUT2D eigenvalue weighted by molar-refractivity contribution is 5.95. The SMILES string of the molecule is Cl.N#Cc1cccc(C(=N)N)c1.c1cc2ccc1CO2. The summed E-state index contributed by atoms with van der Waals surface area (Å²) in [6, 6.07) is 16.8. The summed E-state index contributed by atoms with van der Waals surface area (Å²) in [7, 11) is 0. The van der Waals surface area contributed by atoms with E-state index in [4.69, 9.17) is 21.1 Å². The van der Waals surface area contributed by atoms with Crippen LogP contribution in [-0.4, -0.2) is 5.84 Å². The highest BCUT2D eigenvalue weighted by atomic mass is 35.5. The summed E-state index contributed by atoms with van der Waals surface area (Å²) >= 11 is 0. The monoisotopic (exact) mass is 287 g/mol. The lowest BCUT2D eigenvalue weighted by molar-refractivity contribution is 0.295. The molecule has 2 aromatic rings. The first kappa shape index (κ1) is 15.5. The summed E-state index contributed by atoms with van der Waals surface area (Å²) in [6.07, 6.45) is 0. The third kappa shape index (κ3) is 4.01. The van der Waals surface area contributed by atoms with Gasteiger partial charge in [-0.05, 0) is 29.8 Å². The van der Waals surface area contributed by atoms with E-state index in [1.165, 1.54) is 5.56 Å². The lowest BCUT2D eigenvalue weighted by atomic mass is 10.1. The molecule has 2 heterocycles. The number of rotatable bonds is 1. The minimum absolute atomic E-state index is 0. The van der Waals surface area contributed by atoms with Gasteiger partial charge >= 0.3 is 0 Å². The molecule has 2 aliphatic heterocycles. The van der Waals surface area contributed by atoms with Gasteiger partial charge in [0.25, 0.3) is 0 Å². The largest absolute Gasteiger partial charge is 0.489 e. The molecule has 5 heteroatoms. The molecular weight excluding hydrogens is 274 g/mol. The van der Waals surface area contributed by atoms with Gasteiger partial charge in [0.2, 0.25) is 0 Å². The molecule has 0 amide bonds.